The number of furan rings is 1. The van der Waals surface area contributed by atoms with Gasteiger partial charge in [-0.1, -0.05) is 54.6 Å². The van der Waals surface area contributed by atoms with Crippen LogP contribution in [0.15, 0.2) is 47.1 Å². The van der Waals surface area contributed by atoms with Crippen LogP contribution in [0, 0.1) is 0 Å². The van der Waals surface area contributed by atoms with Crippen molar-refractivity contribution in [3.05, 3.63) is 69.0 Å². The van der Waals surface area contributed by atoms with Crippen LogP contribution in [-0.4, -0.2) is 32.2 Å². The Morgan fingerprint density at radius 1 is 1.18 bits per heavy atom. The lowest BCUT2D eigenvalue weighted by atomic mass is 9.94. The first-order valence-electron chi connectivity index (χ1n) is 10.7. The van der Waals surface area contributed by atoms with Crippen LogP contribution in [0.2, 0.25) is 9.36 Å². The van der Waals surface area contributed by atoms with Crippen molar-refractivity contribution in [2.24, 2.45) is 0 Å². The summed E-state index contributed by atoms with van der Waals surface area (Å²) >= 11 is 13.2. The van der Waals surface area contributed by atoms with Crippen LogP contribution >= 0.6 is 34.7 Å². The number of halogens is 2. The zero-order valence-corrected chi connectivity index (χ0v) is 20.0. The van der Waals surface area contributed by atoms with Crippen molar-refractivity contribution in [3.63, 3.8) is 0 Å². The SMILES string of the molecule is O=C(NC1CCCCC1)[C@@H](c1ccc(O)cc1)N(Cc1ccco1)C(=O)c1nsc(Cl)c1Cl. The molecule has 0 aliphatic heterocycles. The summed E-state index contributed by atoms with van der Waals surface area (Å²) in [5.74, 6) is -0.306. The van der Waals surface area contributed by atoms with Crippen molar-refractivity contribution in [2.75, 3.05) is 0 Å². The van der Waals surface area contributed by atoms with Crippen molar-refractivity contribution in [1.29, 1.82) is 0 Å². The molecule has 33 heavy (non-hydrogen) atoms. The summed E-state index contributed by atoms with van der Waals surface area (Å²) in [5.41, 5.74) is 0.519. The molecule has 2 aromatic heterocycles. The molecule has 7 nitrogen and oxygen atoms in total. The Balaban J connectivity index is 1.73. The van der Waals surface area contributed by atoms with E-state index in [1.807, 2.05) is 0 Å². The van der Waals surface area contributed by atoms with Gasteiger partial charge in [0.1, 0.15) is 26.9 Å². The fourth-order valence-electron chi connectivity index (χ4n) is 4.04. The van der Waals surface area contributed by atoms with E-state index in [0.717, 1.165) is 43.6 Å². The Kier molecular flexibility index (Phi) is 7.57. The second kappa shape index (κ2) is 10.6. The molecule has 10 heteroatoms. The molecule has 1 saturated carbocycles. The standard InChI is InChI=1S/C23H23Cl2N3O4S/c24-18-19(27-33-21(18)25)23(31)28(13-17-7-4-12-32-17)20(14-8-10-16(29)11-9-14)22(30)26-15-5-2-1-3-6-15/h4,7-12,15,20,29H,1-3,5-6,13H2,(H,26,30)/t20-/m1/s1. The third-order valence-corrected chi connectivity index (χ3v) is 7.30. The fourth-order valence-corrected chi connectivity index (χ4v) is 5.02. The van der Waals surface area contributed by atoms with Crippen LogP contribution in [-0.2, 0) is 11.3 Å². The maximum absolute atomic E-state index is 13.6. The lowest BCUT2D eigenvalue weighted by Crippen LogP contribution is -2.47. The monoisotopic (exact) mass is 507 g/mol. The third-order valence-electron chi connectivity index (χ3n) is 5.69. The van der Waals surface area contributed by atoms with Gasteiger partial charge in [-0.2, -0.15) is 4.37 Å². The van der Waals surface area contributed by atoms with Crippen molar-refractivity contribution >= 4 is 46.5 Å². The molecule has 3 aromatic rings. The molecule has 0 saturated heterocycles. The number of benzene rings is 1. The van der Waals surface area contributed by atoms with Gasteiger partial charge in [-0.05, 0) is 54.2 Å². The predicted molar refractivity (Wildman–Crippen MR) is 127 cm³/mol. The van der Waals surface area contributed by atoms with E-state index in [-0.39, 0.29) is 39.3 Å². The van der Waals surface area contributed by atoms with Gasteiger partial charge >= 0.3 is 0 Å². The number of rotatable bonds is 7. The minimum atomic E-state index is -0.998. The number of carbonyl (C=O) groups is 2. The van der Waals surface area contributed by atoms with E-state index in [9.17, 15) is 14.7 Å². The van der Waals surface area contributed by atoms with Gasteiger partial charge in [0.25, 0.3) is 5.91 Å². The molecule has 2 amide bonds. The van der Waals surface area contributed by atoms with Crippen LogP contribution in [0.4, 0.5) is 0 Å². The number of nitrogens with zero attached hydrogens (tertiary/aromatic N) is 2. The van der Waals surface area contributed by atoms with Crippen molar-refractivity contribution in [2.45, 2.75) is 50.7 Å². The smallest absolute Gasteiger partial charge is 0.276 e. The highest BCUT2D eigenvalue weighted by molar-refractivity contribution is 7.11. The van der Waals surface area contributed by atoms with Gasteiger partial charge in [0.15, 0.2) is 5.69 Å². The Hall–Kier alpha value is -2.55. The van der Waals surface area contributed by atoms with E-state index >= 15 is 0 Å². The summed E-state index contributed by atoms with van der Waals surface area (Å²) < 4.78 is 9.79. The van der Waals surface area contributed by atoms with Crippen LogP contribution in [0.1, 0.15) is 60.0 Å². The molecule has 1 aromatic carbocycles. The first kappa shape index (κ1) is 23.6. The van der Waals surface area contributed by atoms with Crippen LogP contribution in [0.5, 0.6) is 5.75 Å². The van der Waals surface area contributed by atoms with Gasteiger partial charge in [0.2, 0.25) is 5.91 Å². The molecule has 0 spiro atoms. The number of nitrogens with one attached hydrogen (secondary N) is 1. The Morgan fingerprint density at radius 2 is 1.91 bits per heavy atom. The molecule has 2 heterocycles. The molecule has 174 valence electrons. The predicted octanol–water partition coefficient (Wildman–Crippen LogP) is 5.58. The van der Waals surface area contributed by atoms with E-state index in [2.05, 4.69) is 9.69 Å². The molecular formula is C23H23Cl2N3O4S. The minimum Gasteiger partial charge on any atom is -0.508 e. The summed E-state index contributed by atoms with van der Waals surface area (Å²) in [6, 6.07) is 8.70. The van der Waals surface area contributed by atoms with Crippen molar-refractivity contribution in [1.82, 2.24) is 14.6 Å². The molecule has 0 unspecified atom stereocenters. The van der Waals surface area contributed by atoms with E-state index < -0.39 is 11.9 Å². The van der Waals surface area contributed by atoms with E-state index in [4.69, 9.17) is 27.6 Å². The quantitative estimate of drug-likeness (QED) is 0.435. The summed E-state index contributed by atoms with van der Waals surface area (Å²) in [4.78, 5) is 28.6. The molecule has 1 atom stereocenters. The first-order chi connectivity index (χ1) is 15.9. The average Bonchev–Trinajstić information content (AvgIpc) is 3.45. The Bertz CT molecular complexity index is 1100. The second-order valence-corrected chi connectivity index (χ2v) is 9.72. The number of amides is 2. The number of phenols is 1. The van der Waals surface area contributed by atoms with Gasteiger partial charge < -0.3 is 19.7 Å². The molecule has 0 radical (unpaired) electrons. The van der Waals surface area contributed by atoms with Gasteiger partial charge in [0, 0.05) is 6.04 Å². The van der Waals surface area contributed by atoms with E-state index in [1.165, 1.54) is 23.3 Å². The van der Waals surface area contributed by atoms with Crippen LogP contribution in [0.25, 0.3) is 0 Å². The molecule has 1 aliphatic rings. The number of carbonyl (C=O) groups excluding carboxylic acids is 2. The number of hydrogen-bond acceptors (Lipinski definition) is 6. The summed E-state index contributed by atoms with van der Waals surface area (Å²) in [7, 11) is 0. The summed E-state index contributed by atoms with van der Waals surface area (Å²) in [6.45, 7) is 0.0148. The molecule has 4 rings (SSSR count). The number of hydrogen-bond donors (Lipinski definition) is 2. The normalized spacial score (nSPS) is 15.2. The van der Waals surface area contributed by atoms with E-state index in [0.29, 0.717) is 11.3 Å². The van der Waals surface area contributed by atoms with Crippen LogP contribution < -0.4 is 5.32 Å². The zero-order chi connectivity index (χ0) is 23.4. The number of aromatic hydroxyl groups is 1. The van der Waals surface area contributed by atoms with Gasteiger partial charge in [-0.15, -0.1) is 0 Å². The van der Waals surface area contributed by atoms with Crippen molar-refractivity contribution < 1.29 is 19.1 Å². The Labute approximate surface area is 205 Å². The lowest BCUT2D eigenvalue weighted by molar-refractivity contribution is -0.127. The average molecular weight is 508 g/mol. The van der Waals surface area contributed by atoms with Crippen LogP contribution in [0.3, 0.4) is 0 Å². The third kappa shape index (κ3) is 5.51. The largest absolute Gasteiger partial charge is 0.508 e. The number of aromatic nitrogens is 1. The second-order valence-electron chi connectivity index (χ2n) is 7.97. The molecular weight excluding hydrogens is 485 g/mol. The molecule has 1 fully saturated rings. The zero-order valence-electron chi connectivity index (χ0n) is 17.7. The van der Waals surface area contributed by atoms with E-state index in [1.54, 1.807) is 24.3 Å². The first-order valence-corrected chi connectivity index (χ1v) is 12.2. The topological polar surface area (TPSA) is 95.7 Å². The van der Waals surface area contributed by atoms with Crippen molar-refractivity contribution in [3.8, 4) is 5.75 Å². The molecule has 1 aliphatic carbocycles. The highest BCUT2D eigenvalue weighted by Gasteiger charge is 2.36. The maximum Gasteiger partial charge on any atom is 0.276 e. The highest BCUT2D eigenvalue weighted by Crippen LogP contribution is 2.34. The Morgan fingerprint density at radius 3 is 2.52 bits per heavy atom. The lowest BCUT2D eigenvalue weighted by Gasteiger charge is -2.32. The molecule has 2 N–H and O–H groups in total. The van der Waals surface area contributed by atoms with Gasteiger partial charge in [-0.25, -0.2) is 0 Å². The maximum atomic E-state index is 13.6. The molecule has 0 bridgehead atoms. The summed E-state index contributed by atoms with van der Waals surface area (Å²) in [6.07, 6.45) is 6.55. The fraction of sp³-hybridized carbons (Fsp3) is 0.348. The van der Waals surface area contributed by atoms with Gasteiger partial charge in [0.05, 0.1) is 12.8 Å². The van der Waals surface area contributed by atoms with Gasteiger partial charge in [-0.3, -0.25) is 9.59 Å². The minimum absolute atomic E-state index is 0.0148. The summed E-state index contributed by atoms with van der Waals surface area (Å²) in [5, 5.41) is 12.9. The highest BCUT2D eigenvalue weighted by atomic mass is 35.5. The number of phenolic OH excluding ortho intramolecular Hbond substituents is 1.